The monoisotopic (exact) mass is 306 g/mol. The summed E-state index contributed by atoms with van der Waals surface area (Å²) in [5.74, 6) is 2.34. The van der Waals surface area contributed by atoms with Gasteiger partial charge in [0.05, 0.1) is 6.61 Å². The number of rotatable bonds is 4. The van der Waals surface area contributed by atoms with Gasteiger partial charge in [-0.25, -0.2) is 0 Å². The van der Waals surface area contributed by atoms with Gasteiger partial charge in [-0.3, -0.25) is 4.79 Å². The fourth-order valence-electron chi connectivity index (χ4n) is 3.70. The van der Waals surface area contributed by atoms with Gasteiger partial charge in [0.25, 0.3) is 0 Å². The molecule has 1 aliphatic carbocycles. The number of ether oxygens (including phenoxy) is 1. The molecule has 3 rings (SSSR count). The van der Waals surface area contributed by atoms with Crippen LogP contribution in [0.5, 0.6) is 5.75 Å². The molecular formula is C18H23ClO2. The minimum absolute atomic E-state index is 0.240. The normalized spacial score (nSPS) is 24.5. The van der Waals surface area contributed by atoms with Crippen molar-refractivity contribution in [1.29, 1.82) is 0 Å². The van der Waals surface area contributed by atoms with E-state index in [1.807, 2.05) is 12.1 Å². The van der Waals surface area contributed by atoms with Gasteiger partial charge >= 0.3 is 0 Å². The Morgan fingerprint density at radius 1 is 1.29 bits per heavy atom. The van der Waals surface area contributed by atoms with Crippen LogP contribution in [0.15, 0.2) is 12.1 Å². The summed E-state index contributed by atoms with van der Waals surface area (Å²) in [6, 6.07) is 3.87. The molecule has 114 valence electrons. The molecule has 1 aliphatic heterocycles. The first-order valence-electron chi connectivity index (χ1n) is 8.14. The molecule has 2 aliphatic rings. The highest BCUT2D eigenvalue weighted by Gasteiger charge is 2.27. The predicted octanol–water partition coefficient (Wildman–Crippen LogP) is 4.60. The maximum absolute atomic E-state index is 12.6. The summed E-state index contributed by atoms with van der Waals surface area (Å²) in [4.78, 5) is 12.6. The van der Waals surface area contributed by atoms with Gasteiger partial charge < -0.3 is 4.74 Å². The van der Waals surface area contributed by atoms with Gasteiger partial charge in [-0.05, 0) is 49.3 Å². The van der Waals surface area contributed by atoms with Gasteiger partial charge in [-0.2, -0.15) is 0 Å². The average Bonchev–Trinajstić information content (AvgIpc) is 2.95. The Morgan fingerprint density at radius 3 is 2.76 bits per heavy atom. The van der Waals surface area contributed by atoms with Gasteiger partial charge in [0, 0.05) is 29.3 Å². The molecule has 3 heteroatoms. The third kappa shape index (κ3) is 3.26. The lowest BCUT2D eigenvalue weighted by molar-refractivity contribution is -0.123. The fraction of sp³-hybridized carbons (Fsp3) is 0.611. The Balaban J connectivity index is 1.68. The summed E-state index contributed by atoms with van der Waals surface area (Å²) in [5, 5.41) is 0.719. The Bertz CT molecular complexity index is 530. The van der Waals surface area contributed by atoms with Crippen molar-refractivity contribution in [3.8, 4) is 5.75 Å². The average molecular weight is 307 g/mol. The second-order valence-corrected chi connectivity index (χ2v) is 6.86. The van der Waals surface area contributed by atoms with Gasteiger partial charge in [0.15, 0.2) is 0 Å². The first kappa shape index (κ1) is 14.9. The zero-order chi connectivity index (χ0) is 14.8. The second-order valence-electron chi connectivity index (χ2n) is 6.42. The third-order valence-corrected chi connectivity index (χ3v) is 5.29. The zero-order valence-corrected chi connectivity index (χ0v) is 13.4. The molecule has 1 aromatic carbocycles. The molecule has 0 N–H and O–H groups in total. The minimum Gasteiger partial charge on any atom is -0.493 e. The maximum Gasteiger partial charge on any atom is 0.140 e. The van der Waals surface area contributed by atoms with Crippen molar-refractivity contribution >= 4 is 17.4 Å². The van der Waals surface area contributed by atoms with Crippen molar-refractivity contribution < 1.29 is 9.53 Å². The lowest BCUT2D eigenvalue weighted by Gasteiger charge is -2.27. The number of Topliss-reactive ketones (excluding diaryl/α,β-unsaturated/α-hetero) is 1. The molecule has 0 saturated heterocycles. The van der Waals surface area contributed by atoms with Crippen LogP contribution in [0.2, 0.25) is 5.02 Å². The number of halogens is 1. The molecular weight excluding hydrogens is 284 g/mol. The van der Waals surface area contributed by atoms with Crippen molar-refractivity contribution in [3.63, 3.8) is 0 Å². The molecule has 2 nitrogen and oxygen atoms in total. The Morgan fingerprint density at radius 2 is 2.05 bits per heavy atom. The van der Waals surface area contributed by atoms with Crippen molar-refractivity contribution in [2.75, 3.05) is 6.61 Å². The van der Waals surface area contributed by atoms with Crippen molar-refractivity contribution in [2.24, 2.45) is 11.8 Å². The Hall–Kier alpha value is -1.02. The van der Waals surface area contributed by atoms with Gasteiger partial charge in [0.2, 0.25) is 0 Å². The minimum atomic E-state index is 0.240. The highest BCUT2D eigenvalue weighted by molar-refractivity contribution is 6.30. The maximum atomic E-state index is 12.6. The third-order valence-electron chi connectivity index (χ3n) is 5.07. The van der Waals surface area contributed by atoms with E-state index in [1.54, 1.807) is 0 Å². The van der Waals surface area contributed by atoms with Crippen LogP contribution in [0.4, 0.5) is 0 Å². The Kier molecular flexibility index (Phi) is 4.54. The molecule has 1 fully saturated rings. The molecule has 0 unspecified atom stereocenters. The smallest absolute Gasteiger partial charge is 0.140 e. The van der Waals surface area contributed by atoms with E-state index in [9.17, 15) is 4.79 Å². The number of hydrogen-bond donors (Lipinski definition) is 0. The molecule has 0 amide bonds. The van der Waals surface area contributed by atoms with E-state index >= 15 is 0 Å². The van der Waals surface area contributed by atoms with E-state index in [4.69, 9.17) is 16.3 Å². The molecule has 1 aromatic rings. The van der Waals surface area contributed by atoms with Crippen molar-refractivity contribution in [2.45, 2.75) is 51.9 Å². The lowest BCUT2D eigenvalue weighted by atomic mass is 9.78. The highest BCUT2D eigenvalue weighted by atomic mass is 35.5. The van der Waals surface area contributed by atoms with E-state index in [-0.39, 0.29) is 5.92 Å². The van der Waals surface area contributed by atoms with Crippen LogP contribution in [0.25, 0.3) is 0 Å². The molecule has 1 heterocycles. The summed E-state index contributed by atoms with van der Waals surface area (Å²) >= 11 is 6.17. The summed E-state index contributed by atoms with van der Waals surface area (Å²) < 4.78 is 5.70. The van der Waals surface area contributed by atoms with E-state index in [1.165, 1.54) is 19.3 Å². The quantitative estimate of drug-likeness (QED) is 0.812. The molecule has 21 heavy (non-hydrogen) atoms. The molecule has 0 aromatic heterocycles. The number of carbonyl (C=O) groups excluding carboxylic acids is 1. The van der Waals surface area contributed by atoms with Crippen LogP contribution in [0.1, 0.15) is 50.2 Å². The Labute approximate surface area is 131 Å². The number of fused-ring (bicyclic) bond motifs is 1. The number of carbonyl (C=O) groups is 1. The van der Waals surface area contributed by atoms with Crippen LogP contribution in [0.3, 0.4) is 0 Å². The molecule has 0 bridgehead atoms. The van der Waals surface area contributed by atoms with Crippen LogP contribution < -0.4 is 4.74 Å². The van der Waals surface area contributed by atoms with Gasteiger partial charge in [-0.15, -0.1) is 0 Å². The van der Waals surface area contributed by atoms with E-state index in [2.05, 4.69) is 6.92 Å². The molecule has 0 radical (unpaired) electrons. The van der Waals surface area contributed by atoms with Crippen LogP contribution in [0, 0.1) is 11.8 Å². The lowest BCUT2D eigenvalue weighted by Crippen LogP contribution is -2.23. The molecule has 0 spiro atoms. The topological polar surface area (TPSA) is 26.3 Å². The number of ketones is 1. The van der Waals surface area contributed by atoms with Gasteiger partial charge in [0.1, 0.15) is 11.5 Å². The highest BCUT2D eigenvalue weighted by Crippen LogP contribution is 2.36. The zero-order valence-electron chi connectivity index (χ0n) is 12.7. The summed E-state index contributed by atoms with van der Waals surface area (Å²) in [6.07, 6.45) is 7.15. The van der Waals surface area contributed by atoms with Crippen LogP contribution in [-0.2, 0) is 17.6 Å². The standard InChI is InChI=1S/C18H23ClO2/c1-2-12-3-5-13(6-4-12)17(20)11-15-10-16(19)9-14-7-8-21-18(14)15/h9-10,12-13H,2-8,11H2,1H3. The SMILES string of the molecule is CCC1CCC(C(=O)Cc2cc(Cl)cc3c2OCC3)CC1. The number of hydrogen-bond acceptors (Lipinski definition) is 2. The predicted molar refractivity (Wildman–Crippen MR) is 85.1 cm³/mol. The summed E-state index contributed by atoms with van der Waals surface area (Å²) in [5.41, 5.74) is 2.14. The fourth-order valence-corrected chi connectivity index (χ4v) is 3.97. The van der Waals surface area contributed by atoms with E-state index in [0.717, 1.165) is 47.1 Å². The van der Waals surface area contributed by atoms with Gasteiger partial charge in [-0.1, -0.05) is 24.9 Å². The first-order chi connectivity index (χ1) is 10.2. The van der Waals surface area contributed by atoms with Crippen LogP contribution in [-0.4, -0.2) is 12.4 Å². The van der Waals surface area contributed by atoms with Crippen LogP contribution >= 0.6 is 11.6 Å². The largest absolute Gasteiger partial charge is 0.493 e. The van der Waals surface area contributed by atoms with Crippen molar-refractivity contribution in [1.82, 2.24) is 0 Å². The van der Waals surface area contributed by atoms with E-state index < -0.39 is 0 Å². The van der Waals surface area contributed by atoms with Crippen molar-refractivity contribution in [3.05, 3.63) is 28.3 Å². The second kappa shape index (κ2) is 6.39. The summed E-state index contributed by atoms with van der Waals surface area (Å²) in [6.45, 7) is 2.96. The first-order valence-corrected chi connectivity index (χ1v) is 8.52. The van der Waals surface area contributed by atoms with E-state index in [0.29, 0.717) is 18.8 Å². The molecule has 0 atom stereocenters. The molecule has 1 saturated carbocycles. The summed E-state index contributed by atoms with van der Waals surface area (Å²) in [7, 11) is 0. The number of benzene rings is 1.